The van der Waals surface area contributed by atoms with Crippen molar-refractivity contribution in [3.05, 3.63) is 17.0 Å². The molecule has 0 aromatic carbocycles. The number of rotatable bonds is 0. The molecule has 0 saturated carbocycles. The first-order chi connectivity index (χ1) is 9.01. The maximum absolute atomic E-state index is 11.7. The fraction of sp³-hybridized carbons (Fsp3) is 0.750. The summed E-state index contributed by atoms with van der Waals surface area (Å²) in [5.74, 6) is 0.148. The van der Waals surface area contributed by atoms with E-state index in [1.54, 1.807) is 6.92 Å². The first-order valence-electron chi connectivity index (χ1n) is 7.38. The highest BCUT2D eigenvalue weighted by Crippen LogP contribution is 2.37. The third-order valence-corrected chi connectivity index (χ3v) is 3.89. The Kier molecular flexibility index (Phi) is 3.47. The fourth-order valence-electron chi connectivity index (χ4n) is 2.90. The standard InChI is InChI=1S/C16H27N3O/c1-11(20)18-8-9-19-12(10-18)13(15(2,3)4)14(17-19)16(5,6)7/h8-10H2,1-7H3. The van der Waals surface area contributed by atoms with Crippen molar-refractivity contribution >= 4 is 5.91 Å². The Labute approximate surface area is 122 Å². The van der Waals surface area contributed by atoms with Crippen LogP contribution >= 0.6 is 0 Å². The van der Waals surface area contributed by atoms with Crippen LogP contribution in [0.2, 0.25) is 0 Å². The molecule has 0 atom stereocenters. The van der Waals surface area contributed by atoms with Crippen LogP contribution in [0.5, 0.6) is 0 Å². The number of carbonyl (C=O) groups excluding carboxylic acids is 1. The number of aromatic nitrogens is 2. The first kappa shape index (κ1) is 15.1. The van der Waals surface area contributed by atoms with Crippen LogP contribution in [-0.4, -0.2) is 27.1 Å². The molecule has 20 heavy (non-hydrogen) atoms. The van der Waals surface area contributed by atoms with Crippen molar-refractivity contribution in [3.8, 4) is 0 Å². The van der Waals surface area contributed by atoms with E-state index in [4.69, 9.17) is 5.10 Å². The third-order valence-electron chi connectivity index (χ3n) is 3.89. The number of fused-ring (bicyclic) bond motifs is 1. The SMILES string of the molecule is CC(=O)N1CCn2nc(C(C)(C)C)c(C(C)(C)C)c2C1. The van der Waals surface area contributed by atoms with Crippen LogP contribution < -0.4 is 0 Å². The molecular weight excluding hydrogens is 250 g/mol. The van der Waals surface area contributed by atoms with Gasteiger partial charge in [0.15, 0.2) is 0 Å². The average Bonchev–Trinajstić information content (AvgIpc) is 2.65. The van der Waals surface area contributed by atoms with Gasteiger partial charge in [-0.1, -0.05) is 41.5 Å². The van der Waals surface area contributed by atoms with Crippen molar-refractivity contribution in [3.63, 3.8) is 0 Å². The Hall–Kier alpha value is -1.32. The Morgan fingerprint density at radius 1 is 1.05 bits per heavy atom. The largest absolute Gasteiger partial charge is 0.335 e. The highest BCUT2D eigenvalue weighted by Gasteiger charge is 2.35. The monoisotopic (exact) mass is 277 g/mol. The molecule has 0 fully saturated rings. The van der Waals surface area contributed by atoms with E-state index in [1.807, 2.05) is 4.90 Å². The molecule has 0 aliphatic carbocycles. The van der Waals surface area contributed by atoms with Crippen molar-refractivity contribution in [2.24, 2.45) is 0 Å². The van der Waals surface area contributed by atoms with Gasteiger partial charge in [-0.2, -0.15) is 5.10 Å². The molecule has 1 aromatic heterocycles. The molecule has 1 amide bonds. The maximum Gasteiger partial charge on any atom is 0.219 e. The van der Waals surface area contributed by atoms with Crippen molar-refractivity contribution in [1.29, 1.82) is 0 Å². The molecule has 0 unspecified atom stereocenters. The minimum absolute atomic E-state index is 0.0218. The molecule has 1 aromatic rings. The van der Waals surface area contributed by atoms with Gasteiger partial charge in [0.25, 0.3) is 0 Å². The molecule has 2 rings (SSSR count). The normalized spacial score (nSPS) is 16.2. The topological polar surface area (TPSA) is 38.1 Å². The number of carbonyl (C=O) groups is 1. The molecule has 0 saturated heterocycles. The average molecular weight is 277 g/mol. The predicted molar refractivity (Wildman–Crippen MR) is 80.7 cm³/mol. The quantitative estimate of drug-likeness (QED) is 0.731. The summed E-state index contributed by atoms with van der Waals surface area (Å²) in [6.45, 7) is 17.2. The Balaban J connectivity index is 2.58. The summed E-state index contributed by atoms with van der Waals surface area (Å²) in [5, 5.41) is 4.86. The van der Waals surface area contributed by atoms with E-state index < -0.39 is 0 Å². The zero-order chi connectivity index (χ0) is 15.3. The van der Waals surface area contributed by atoms with Crippen molar-refractivity contribution < 1.29 is 4.79 Å². The highest BCUT2D eigenvalue weighted by molar-refractivity contribution is 5.73. The first-order valence-corrected chi connectivity index (χ1v) is 7.38. The van der Waals surface area contributed by atoms with Gasteiger partial charge in [0.2, 0.25) is 5.91 Å². The van der Waals surface area contributed by atoms with Crippen LogP contribution in [0.1, 0.15) is 65.4 Å². The summed E-state index contributed by atoms with van der Waals surface area (Å²) in [6.07, 6.45) is 0. The second-order valence-electron chi connectivity index (χ2n) is 7.83. The summed E-state index contributed by atoms with van der Waals surface area (Å²) in [4.78, 5) is 13.6. The molecule has 0 radical (unpaired) electrons. The van der Waals surface area contributed by atoms with E-state index in [0.717, 1.165) is 13.1 Å². The molecule has 112 valence electrons. The van der Waals surface area contributed by atoms with E-state index >= 15 is 0 Å². The van der Waals surface area contributed by atoms with Gasteiger partial charge in [-0.3, -0.25) is 9.48 Å². The second kappa shape index (κ2) is 4.61. The zero-order valence-electron chi connectivity index (χ0n) is 13.9. The van der Waals surface area contributed by atoms with Gasteiger partial charge < -0.3 is 4.90 Å². The number of nitrogens with zero attached hydrogens (tertiary/aromatic N) is 3. The lowest BCUT2D eigenvalue weighted by Gasteiger charge is -2.30. The van der Waals surface area contributed by atoms with Gasteiger partial charge in [-0.05, 0) is 5.41 Å². The number of hydrogen-bond acceptors (Lipinski definition) is 2. The summed E-state index contributed by atoms with van der Waals surface area (Å²) in [7, 11) is 0. The number of hydrogen-bond donors (Lipinski definition) is 0. The van der Waals surface area contributed by atoms with Crippen LogP contribution in [0.3, 0.4) is 0 Å². The zero-order valence-corrected chi connectivity index (χ0v) is 13.9. The van der Waals surface area contributed by atoms with Gasteiger partial charge in [-0.15, -0.1) is 0 Å². The lowest BCUT2D eigenvalue weighted by atomic mass is 9.78. The van der Waals surface area contributed by atoms with Crippen LogP contribution in [-0.2, 0) is 28.7 Å². The number of amides is 1. The Morgan fingerprint density at radius 3 is 2.10 bits per heavy atom. The summed E-state index contributed by atoms with van der Waals surface area (Å²) in [6, 6.07) is 0. The maximum atomic E-state index is 11.7. The fourth-order valence-corrected chi connectivity index (χ4v) is 2.90. The van der Waals surface area contributed by atoms with Crippen LogP contribution in [0, 0.1) is 0 Å². The van der Waals surface area contributed by atoms with Crippen molar-refractivity contribution in [2.45, 2.75) is 72.4 Å². The molecule has 0 N–H and O–H groups in total. The smallest absolute Gasteiger partial charge is 0.219 e. The van der Waals surface area contributed by atoms with Gasteiger partial charge in [0.1, 0.15) is 0 Å². The molecule has 0 spiro atoms. The van der Waals surface area contributed by atoms with E-state index in [-0.39, 0.29) is 16.7 Å². The lowest BCUT2D eigenvalue weighted by molar-refractivity contribution is -0.130. The Morgan fingerprint density at radius 2 is 1.65 bits per heavy atom. The van der Waals surface area contributed by atoms with Gasteiger partial charge >= 0.3 is 0 Å². The summed E-state index contributed by atoms with van der Waals surface area (Å²) < 4.78 is 2.11. The second-order valence-corrected chi connectivity index (χ2v) is 7.83. The van der Waals surface area contributed by atoms with Gasteiger partial charge in [0, 0.05) is 24.4 Å². The summed E-state index contributed by atoms with van der Waals surface area (Å²) >= 11 is 0. The van der Waals surface area contributed by atoms with Crippen LogP contribution in [0.15, 0.2) is 0 Å². The van der Waals surface area contributed by atoms with E-state index in [1.165, 1.54) is 17.0 Å². The van der Waals surface area contributed by atoms with Gasteiger partial charge in [0.05, 0.1) is 24.5 Å². The summed E-state index contributed by atoms with van der Waals surface area (Å²) in [5.41, 5.74) is 3.76. The highest BCUT2D eigenvalue weighted by atomic mass is 16.2. The van der Waals surface area contributed by atoms with Gasteiger partial charge in [-0.25, -0.2) is 0 Å². The van der Waals surface area contributed by atoms with Crippen LogP contribution in [0.4, 0.5) is 0 Å². The van der Waals surface area contributed by atoms with Crippen molar-refractivity contribution in [2.75, 3.05) is 6.54 Å². The molecule has 2 heterocycles. The molecule has 1 aliphatic rings. The molecule has 4 heteroatoms. The van der Waals surface area contributed by atoms with Crippen LogP contribution in [0.25, 0.3) is 0 Å². The van der Waals surface area contributed by atoms with E-state index in [9.17, 15) is 4.79 Å². The van der Waals surface area contributed by atoms with E-state index in [0.29, 0.717) is 6.54 Å². The minimum atomic E-state index is 0.0218. The minimum Gasteiger partial charge on any atom is -0.335 e. The molecule has 4 nitrogen and oxygen atoms in total. The van der Waals surface area contributed by atoms with E-state index in [2.05, 4.69) is 46.2 Å². The molecule has 0 bridgehead atoms. The predicted octanol–water partition coefficient (Wildman–Crippen LogP) is 2.84. The van der Waals surface area contributed by atoms with Crippen molar-refractivity contribution in [1.82, 2.24) is 14.7 Å². The third kappa shape index (κ3) is 2.60. The Bertz CT molecular complexity index is 529. The lowest BCUT2D eigenvalue weighted by Crippen LogP contribution is -2.38. The molecular formula is C16H27N3O. The molecule has 1 aliphatic heterocycles.